The Morgan fingerprint density at radius 2 is 2.06 bits per heavy atom. The topological polar surface area (TPSA) is 50.4 Å². The summed E-state index contributed by atoms with van der Waals surface area (Å²) in [6.07, 6.45) is 0. The van der Waals surface area contributed by atoms with Crippen LogP contribution in [0.15, 0.2) is 24.3 Å². The number of hydrogen-bond donors (Lipinski definition) is 2. The fraction of sp³-hybridized carbons (Fsp3) is 0.417. The molecule has 0 radical (unpaired) electrons. The fourth-order valence-corrected chi connectivity index (χ4v) is 1.41. The van der Waals surface area contributed by atoms with Gasteiger partial charge in [0, 0.05) is 38.4 Å². The number of nitrogens with one attached hydrogen (secondary N) is 2. The van der Waals surface area contributed by atoms with E-state index in [9.17, 15) is 4.79 Å². The van der Waals surface area contributed by atoms with E-state index in [1.807, 2.05) is 24.3 Å². The average Bonchev–Trinajstić information content (AvgIpc) is 2.26. The van der Waals surface area contributed by atoms with Crippen LogP contribution in [0.3, 0.4) is 0 Å². The molecule has 4 heteroatoms. The predicted molar refractivity (Wildman–Crippen MR) is 64.3 cm³/mol. The van der Waals surface area contributed by atoms with Gasteiger partial charge in [0.1, 0.15) is 0 Å². The van der Waals surface area contributed by atoms with E-state index in [1.54, 1.807) is 7.11 Å². The Kier molecular flexibility index (Phi) is 5.36. The first kappa shape index (κ1) is 12.5. The standard InChI is InChI=1S/C12H18N2O2/c1-10(15)13-7-8-14-12-6-4-3-5-11(12)9-16-2/h3-6,14H,7-9H2,1-2H3,(H,13,15). The third kappa shape index (κ3) is 4.31. The molecule has 1 aromatic rings. The maximum absolute atomic E-state index is 10.7. The highest BCUT2D eigenvalue weighted by Gasteiger charge is 1.99. The molecule has 0 heterocycles. The number of carbonyl (C=O) groups is 1. The zero-order valence-electron chi connectivity index (χ0n) is 9.75. The molecule has 2 N–H and O–H groups in total. The van der Waals surface area contributed by atoms with Crippen molar-refractivity contribution in [1.29, 1.82) is 0 Å². The molecule has 4 nitrogen and oxygen atoms in total. The smallest absolute Gasteiger partial charge is 0.216 e. The van der Waals surface area contributed by atoms with Crippen molar-refractivity contribution in [2.75, 3.05) is 25.5 Å². The molecule has 0 aliphatic carbocycles. The first-order chi connectivity index (χ1) is 7.74. The second-order valence-electron chi connectivity index (χ2n) is 3.50. The maximum Gasteiger partial charge on any atom is 0.216 e. The Hall–Kier alpha value is -1.55. The number of hydrogen-bond acceptors (Lipinski definition) is 3. The highest BCUT2D eigenvalue weighted by atomic mass is 16.5. The molecule has 88 valence electrons. The van der Waals surface area contributed by atoms with Crippen molar-refractivity contribution < 1.29 is 9.53 Å². The minimum absolute atomic E-state index is 0.00743. The van der Waals surface area contributed by atoms with E-state index in [1.165, 1.54) is 6.92 Å². The van der Waals surface area contributed by atoms with Crippen LogP contribution in [0.5, 0.6) is 0 Å². The summed E-state index contributed by atoms with van der Waals surface area (Å²) in [6.45, 7) is 3.43. The predicted octanol–water partition coefficient (Wildman–Crippen LogP) is 1.38. The SMILES string of the molecule is COCc1ccccc1NCCNC(C)=O. The van der Waals surface area contributed by atoms with Crippen molar-refractivity contribution >= 4 is 11.6 Å². The molecule has 0 unspecified atom stereocenters. The summed E-state index contributed by atoms with van der Waals surface area (Å²) in [5.41, 5.74) is 2.17. The largest absolute Gasteiger partial charge is 0.383 e. The van der Waals surface area contributed by atoms with Crippen molar-refractivity contribution in [3.05, 3.63) is 29.8 Å². The molecular formula is C12H18N2O2. The Labute approximate surface area is 96.0 Å². The van der Waals surface area contributed by atoms with Crippen LogP contribution in [0.4, 0.5) is 5.69 Å². The third-order valence-electron chi connectivity index (χ3n) is 2.13. The van der Waals surface area contributed by atoms with Gasteiger partial charge < -0.3 is 15.4 Å². The number of amides is 1. The van der Waals surface area contributed by atoms with Gasteiger partial charge in [-0.3, -0.25) is 4.79 Å². The summed E-state index contributed by atoms with van der Waals surface area (Å²) in [5, 5.41) is 5.99. The zero-order chi connectivity index (χ0) is 11.8. The van der Waals surface area contributed by atoms with E-state index in [0.29, 0.717) is 19.7 Å². The van der Waals surface area contributed by atoms with Gasteiger partial charge in [0.25, 0.3) is 0 Å². The zero-order valence-corrected chi connectivity index (χ0v) is 9.75. The van der Waals surface area contributed by atoms with Crippen LogP contribution in [0.1, 0.15) is 12.5 Å². The van der Waals surface area contributed by atoms with E-state index >= 15 is 0 Å². The molecule has 0 fully saturated rings. The molecule has 0 aromatic heterocycles. The molecule has 0 atom stereocenters. The van der Waals surface area contributed by atoms with Gasteiger partial charge >= 0.3 is 0 Å². The number of para-hydroxylation sites is 1. The van der Waals surface area contributed by atoms with E-state index in [2.05, 4.69) is 10.6 Å². The minimum atomic E-state index is -0.00743. The third-order valence-corrected chi connectivity index (χ3v) is 2.13. The van der Waals surface area contributed by atoms with Crippen molar-refractivity contribution in [3.8, 4) is 0 Å². The molecule has 0 saturated heterocycles. The van der Waals surface area contributed by atoms with Gasteiger partial charge in [-0.2, -0.15) is 0 Å². The van der Waals surface area contributed by atoms with Crippen LogP contribution in [0, 0.1) is 0 Å². The summed E-state index contributed by atoms with van der Waals surface area (Å²) >= 11 is 0. The van der Waals surface area contributed by atoms with Gasteiger partial charge in [-0.15, -0.1) is 0 Å². The van der Waals surface area contributed by atoms with Gasteiger partial charge in [-0.05, 0) is 6.07 Å². The maximum atomic E-state index is 10.7. The quantitative estimate of drug-likeness (QED) is 0.715. The Balaban J connectivity index is 2.43. The molecule has 0 aliphatic rings. The number of ether oxygens (including phenoxy) is 1. The molecule has 0 aliphatic heterocycles. The highest BCUT2D eigenvalue weighted by Crippen LogP contribution is 2.14. The van der Waals surface area contributed by atoms with E-state index in [-0.39, 0.29) is 5.91 Å². The summed E-state index contributed by atoms with van der Waals surface area (Å²) in [6, 6.07) is 7.97. The summed E-state index contributed by atoms with van der Waals surface area (Å²) in [5.74, 6) is -0.00743. The van der Waals surface area contributed by atoms with Gasteiger partial charge in [0.2, 0.25) is 5.91 Å². The Morgan fingerprint density at radius 3 is 2.75 bits per heavy atom. The number of methoxy groups -OCH3 is 1. The lowest BCUT2D eigenvalue weighted by molar-refractivity contribution is -0.118. The second kappa shape index (κ2) is 6.85. The van der Waals surface area contributed by atoms with Crippen molar-refractivity contribution in [2.24, 2.45) is 0 Å². The molecule has 0 saturated carbocycles. The van der Waals surface area contributed by atoms with Gasteiger partial charge in [-0.25, -0.2) is 0 Å². The van der Waals surface area contributed by atoms with Crippen molar-refractivity contribution in [3.63, 3.8) is 0 Å². The molecule has 1 amide bonds. The van der Waals surface area contributed by atoms with Gasteiger partial charge in [0.05, 0.1) is 6.61 Å². The summed E-state index contributed by atoms with van der Waals surface area (Å²) in [7, 11) is 1.67. The number of anilines is 1. The van der Waals surface area contributed by atoms with Crippen LogP contribution in [0.25, 0.3) is 0 Å². The summed E-state index contributed by atoms with van der Waals surface area (Å²) in [4.78, 5) is 10.7. The van der Waals surface area contributed by atoms with Crippen molar-refractivity contribution in [1.82, 2.24) is 5.32 Å². The molecule has 1 rings (SSSR count). The second-order valence-corrected chi connectivity index (χ2v) is 3.50. The number of benzene rings is 1. The number of carbonyl (C=O) groups excluding carboxylic acids is 1. The van der Waals surface area contributed by atoms with Crippen LogP contribution in [0.2, 0.25) is 0 Å². The Bertz CT molecular complexity index is 340. The van der Waals surface area contributed by atoms with Crippen LogP contribution >= 0.6 is 0 Å². The van der Waals surface area contributed by atoms with Crippen LogP contribution in [-0.2, 0) is 16.1 Å². The van der Waals surface area contributed by atoms with Crippen molar-refractivity contribution in [2.45, 2.75) is 13.5 Å². The monoisotopic (exact) mass is 222 g/mol. The normalized spacial score (nSPS) is 9.88. The molecule has 0 spiro atoms. The molecule has 1 aromatic carbocycles. The van der Waals surface area contributed by atoms with Gasteiger partial charge in [0.15, 0.2) is 0 Å². The van der Waals surface area contributed by atoms with E-state index in [0.717, 1.165) is 11.3 Å². The molecule has 16 heavy (non-hydrogen) atoms. The van der Waals surface area contributed by atoms with E-state index in [4.69, 9.17) is 4.74 Å². The van der Waals surface area contributed by atoms with Gasteiger partial charge in [-0.1, -0.05) is 18.2 Å². The minimum Gasteiger partial charge on any atom is -0.383 e. The first-order valence-electron chi connectivity index (χ1n) is 5.29. The molecular weight excluding hydrogens is 204 g/mol. The fourth-order valence-electron chi connectivity index (χ4n) is 1.41. The average molecular weight is 222 g/mol. The molecule has 0 bridgehead atoms. The summed E-state index contributed by atoms with van der Waals surface area (Å²) < 4.78 is 5.10. The number of rotatable bonds is 6. The highest BCUT2D eigenvalue weighted by molar-refractivity contribution is 5.72. The lowest BCUT2D eigenvalue weighted by atomic mass is 10.2. The van der Waals surface area contributed by atoms with Crippen LogP contribution < -0.4 is 10.6 Å². The van der Waals surface area contributed by atoms with E-state index < -0.39 is 0 Å². The lowest BCUT2D eigenvalue weighted by Gasteiger charge is -2.11. The lowest BCUT2D eigenvalue weighted by Crippen LogP contribution is -2.26. The first-order valence-corrected chi connectivity index (χ1v) is 5.29. The van der Waals surface area contributed by atoms with Crippen LogP contribution in [-0.4, -0.2) is 26.1 Å². The Morgan fingerprint density at radius 1 is 1.31 bits per heavy atom.